The first-order valence-electron chi connectivity index (χ1n) is 10.5. The fourth-order valence-corrected chi connectivity index (χ4v) is 3.38. The molecule has 0 unspecified atom stereocenters. The zero-order chi connectivity index (χ0) is 21.1. The third-order valence-electron chi connectivity index (χ3n) is 5.01. The normalized spacial score (nSPS) is 14.6. The summed E-state index contributed by atoms with van der Waals surface area (Å²) >= 11 is 5.82. The molecule has 0 spiro atoms. The Morgan fingerprint density at radius 3 is 2.86 bits per heavy atom. The lowest BCUT2D eigenvalue weighted by Crippen LogP contribution is -2.11. The van der Waals surface area contributed by atoms with Gasteiger partial charge in [-0.15, -0.1) is 0 Å². The molecule has 1 aromatic carbocycles. The van der Waals surface area contributed by atoms with Crippen LogP contribution in [-0.2, 0) is 17.8 Å². The molecule has 5 nitrogen and oxygen atoms in total. The highest BCUT2D eigenvalue weighted by Gasteiger charge is 2.20. The van der Waals surface area contributed by atoms with Crippen molar-refractivity contribution in [3.05, 3.63) is 59.0 Å². The van der Waals surface area contributed by atoms with E-state index in [1.54, 1.807) is 0 Å². The van der Waals surface area contributed by atoms with Crippen molar-refractivity contribution in [2.75, 3.05) is 6.61 Å². The Morgan fingerprint density at radius 2 is 2.17 bits per heavy atom. The number of aryl methyl sites for hydroxylation is 2. The van der Waals surface area contributed by atoms with Crippen LogP contribution >= 0.6 is 11.6 Å². The number of hydrogen-bond donors (Lipinski definition) is 1. The second-order valence-corrected chi connectivity index (χ2v) is 7.42. The van der Waals surface area contributed by atoms with Crippen molar-refractivity contribution >= 4 is 18.0 Å². The molecule has 4 rings (SSSR count). The fourth-order valence-electron chi connectivity index (χ4n) is 3.19. The molecule has 1 aromatic heterocycles. The summed E-state index contributed by atoms with van der Waals surface area (Å²) in [6, 6.07) is 5.79. The molecule has 0 radical (unpaired) electrons. The van der Waals surface area contributed by atoms with Crippen molar-refractivity contribution < 1.29 is 9.53 Å². The Bertz CT molecular complexity index is 784. The van der Waals surface area contributed by atoms with E-state index in [0.717, 1.165) is 54.8 Å². The van der Waals surface area contributed by atoms with Gasteiger partial charge in [-0.3, -0.25) is 9.48 Å². The average Bonchev–Trinajstić information content (AvgIpc) is 3.15. The van der Waals surface area contributed by atoms with Gasteiger partial charge >= 0.3 is 0 Å². The topological polar surface area (TPSA) is 56.2 Å². The molecule has 2 aliphatic rings. The molecule has 29 heavy (non-hydrogen) atoms. The molecule has 0 saturated heterocycles. The third kappa shape index (κ3) is 7.24. The Morgan fingerprint density at radius 1 is 1.38 bits per heavy atom. The number of halogens is 1. The Kier molecular flexibility index (Phi) is 9.78. The van der Waals surface area contributed by atoms with Gasteiger partial charge in [-0.05, 0) is 60.9 Å². The van der Waals surface area contributed by atoms with E-state index < -0.39 is 0 Å². The van der Waals surface area contributed by atoms with E-state index in [2.05, 4.69) is 23.2 Å². The van der Waals surface area contributed by atoms with Crippen LogP contribution in [0.25, 0.3) is 0 Å². The molecule has 6 heteroatoms. The summed E-state index contributed by atoms with van der Waals surface area (Å²) in [6.45, 7) is 9.36. The lowest BCUT2D eigenvalue weighted by Gasteiger charge is -2.23. The molecule has 0 atom stereocenters. The second kappa shape index (κ2) is 12.3. The van der Waals surface area contributed by atoms with Gasteiger partial charge in [0.15, 0.2) is 0 Å². The lowest BCUT2D eigenvalue weighted by atomic mass is 9.81. The molecule has 0 bridgehead atoms. The number of benzene rings is 1. The molecular formula is C23H32ClN3O2. The van der Waals surface area contributed by atoms with Gasteiger partial charge < -0.3 is 10.1 Å². The zero-order valence-corrected chi connectivity index (χ0v) is 18.3. The molecule has 1 aliphatic heterocycles. The highest BCUT2D eigenvalue weighted by Crippen LogP contribution is 2.35. The molecule has 1 saturated carbocycles. The van der Waals surface area contributed by atoms with E-state index in [1.807, 2.05) is 42.9 Å². The number of fused-ring (bicyclic) bond motifs is 1. The number of amides is 1. The second-order valence-electron chi connectivity index (χ2n) is 6.98. The number of ether oxygens (including phenoxy) is 1. The van der Waals surface area contributed by atoms with Gasteiger partial charge in [0.1, 0.15) is 5.75 Å². The van der Waals surface area contributed by atoms with Gasteiger partial charge in [0.2, 0.25) is 6.41 Å². The van der Waals surface area contributed by atoms with E-state index >= 15 is 0 Å². The number of allylic oxidation sites excluding steroid dienone is 1. The molecule has 1 fully saturated rings. The van der Waals surface area contributed by atoms with Gasteiger partial charge in [-0.2, -0.15) is 5.10 Å². The van der Waals surface area contributed by atoms with Crippen molar-refractivity contribution in [1.82, 2.24) is 15.1 Å². The molecule has 1 N–H and O–H groups in total. The van der Waals surface area contributed by atoms with Crippen molar-refractivity contribution in [3.63, 3.8) is 0 Å². The first-order valence-corrected chi connectivity index (χ1v) is 10.8. The van der Waals surface area contributed by atoms with Gasteiger partial charge in [0, 0.05) is 29.9 Å². The minimum atomic E-state index is 0.658. The first-order chi connectivity index (χ1) is 14.2. The van der Waals surface area contributed by atoms with E-state index in [0.29, 0.717) is 6.41 Å². The van der Waals surface area contributed by atoms with Crippen LogP contribution in [-0.4, -0.2) is 22.8 Å². The Hall–Kier alpha value is -2.27. The highest BCUT2D eigenvalue weighted by molar-refractivity contribution is 6.30. The molecule has 1 aliphatic carbocycles. The van der Waals surface area contributed by atoms with Crippen molar-refractivity contribution in [2.24, 2.45) is 0 Å². The summed E-state index contributed by atoms with van der Waals surface area (Å²) < 4.78 is 7.34. The zero-order valence-electron chi connectivity index (χ0n) is 17.5. The predicted molar refractivity (Wildman–Crippen MR) is 118 cm³/mol. The standard InChI is InChI=1S/C12H17N3O.C9H9ClO.C2H6/c1-10(13-9-16)5-6-15-8-12(7-14-15)11-3-2-4-11;10-8-3-4-9-7(6-8)2-1-5-11-9;1-2/h7-9,11H,1-6H2,(H,13,16);3-4,6H,1-2,5H2;1-2H3. The number of hydrogen-bond acceptors (Lipinski definition) is 3. The van der Waals surface area contributed by atoms with E-state index in [1.165, 1.54) is 30.4 Å². The summed E-state index contributed by atoms with van der Waals surface area (Å²) in [4.78, 5) is 10.2. The van der Waals surface area contributed by atoms with Gasteiger partial charge in [-0.1, -0.05) is 38.4 Å². The largest absolute Gasteiger partial charge is 0.493 e. The summed E-state index contributed by atoms with van der Waals surface area (Å²) in [5.74, 6) is 1.73. The fraction of sp³-hybridized carbons (Fsp3) is 0.478. The third-order valence-corrected chi connectivity index (χ3v) is 5.24. The molecule has 1 amide bonds. The van der Waals surface area contributed by atoms with Crippen LogP contribution in [0, 0.1) is 0 Å². The van der Waals surface area contributed by atoms with Crippen LogP contribution in [0.15, 0.2) is 42.9 Å². The van der Waals surface area contributed by atoms with Gasteiger partial charge in [0.05, 0.1) is 12.8 Å². The molecule has 2 aromatic rings. The van der Waals surface area contributed by atoms with Gasteiger partial charge in [-0.25, -0.2) is 0 Å². The molecule has 2 heterocycles. The van der Waals surface area contributed by atoms with E-state index in [-0.39, 0.29) is 0 Å². The smallest absolute Gasteiger partial charge is 0.211 e. The SMILES string of the molecule is C=C(CCn1cc(C2CCC2)cn1)NC=O.CC.Clc1ccc2c(c1)CCCO2. The van der Waals surface area contributed by atoms with Crippen LogP contribution in [0.3, 0.4) is 0 Å². The predicted octanol–water partition coefficient (Wildman–Crippen LogP) is 5.49. The maximum Gasteiger partial charge on any atom is 0.211 e. The van der Waals surface area contributed by atoms with Crippen molar-refractivity contribution in [3.8, 4) is 5.75 Å². The van der Waals surface area contributed by atoms with Gasteiger partial charge in [0.25, 0.3) is 0 Å². The maximum atomic E-state index is 10.2. The van der Waals surface area contributed by atoms with E-state index in [9.17, 15) is 4.79 Å². The Balaban J connectivity index is 0.000000201. The minimum absolute atomic E-state index is 0.658. The minimum Gasteiger partial charge on any atom is -0.493 e. The Labute approximate surface area is 179 Å². The van der Waals surface area contributed by atoms with Crippen LogP contribution in [0.1, 0.15) is 63.0 Å². The monoisotopic (exact) mass is 417 g/mol. The number of carbonyl (C=O) groups excluding carboxylic acids is 1. The highest BCUT2D eigenvalue weighted by atomic mass is 35.5. The molecule has 158 valence electrons. The van der Waals surface area contributed by atoms with Crippen LogP contribution in [0.5, 0.6) is 5.75 Å². The van der Waals surface area contributed by atoms with Crippen molar-refractivity contribution in [1.29, 1.82) is 0 Å². The van der Waals surface area contributed by atoms with Crippen LogP contribution in [0.4, 0.5) is 0 Å². The summed E-state index contributed by atoms with van der Waals surface area (Å²) in [5.41, 5.74) is 3.32. The summed E-state index contributed by atoms with van der Waals surface area (Å²) in [6.07, 6.45) is 11.6. The lowest BCUT2D eigenvalue weighted by molar-refractivity contribution is -0.109. The van der Waals surface area contributed by atoms with Crippen LogP contribution in [0.2, 0.25) is 5.02 Å². The number of carbonyl (C=O) groups is 1. The number of nitrogens with zero attached hydrogens (tertiary/aromatic N) is 2. The van der Waals surface area contributed by atoms with Crippen molar-refractivity contribution in [2.45, 2.75) is 64.8 Å². The number of rotatable bonds is 6. The summed E-state index contributed by atoms with van der Waals surface area (Å²) in [5, 5.41) is 7.66. The van der Waals surface area contributed by atoms with E-state index in [4.69, 9.17) is 16.3 Å². The maximum absolute atomic E-state index is 10.2. The number of aromatic nitrogens is 2. The molecular weight excluding hydrogens is 386 g/mol. The first kappa shape index (κ1) is 23.0. The van der Waals surface area contributed by atoms with Crippen LogP contribution < -0.4 is 10.1 Å². The number of nitrogens with one attached hydrogen (secondary N) is 1. The quantitative estimate of drug-likeness (QED) is 0.632. The summed E-state index contributed by atoms with van der Waals surface area (Å²) in [7, 11) is 0. The average molecular weight is 418 g/mol.